The minimum absolute atomic E-state index is 0.603. The maximum absolute atomic E-state index is 3.84. The first-order chi connectivity index (χ1) is 9.24. The third-order valence-corrected chi connectivity index (χ3v) is 4.70. The minimum atomic E-state index is 0.603. The van der Waals surface area contributed by atoms with Gasteiger partial charge in [0.05, 0.1) is 0 Å². The van der Waals surface area contributed by atoms with Gasteiger partial charge in [0.2, 0.25) is 0 Å². The van der Waals surface area contributed by atoms with Crippen molar-refractivity contribution >= 4 is 0 Å². The lowest BCUT2D eigenvalue weighted by atomic mass is 9.84. The summed E-state index contributed by atoms with van der Waals surface area (Å²) in [7, 11) is 0. The van der Waals surface area contributed by atoms with Crippen LogP contribution in [-0.2, 0) is 0 Å². The maximum atomic E-state index is 3.84. The average molecular weight is 268 g/mol. The highest BCUT2D eigenvalue weighted by Gasteiger charge is 2.34. The highest BCUT2D eigenvalue weighted by atomic mass is 15.2. The van der Waals surface area contributed by atoms with Crippen LogP contribution in [-0.4, -0.2) is 62.3 Å². The van der Waals surface area contributed by atoms with E-state index in [2.05, 4.69) is 41.6 Å². The van der Waals surface area contributed by atoms with Gasteiger partial charge in [-0.15, -0.1) is 0 Å². The molecule has 0 aromatic rings. The second-order valence-electron chi connectivity index (χ2n) is 6.20. The molecular weight excluding hydrogens is 236 g/mol. The third-order valence-electron chi connectivity index (χ3n) is 4.70. The molecule has 2 aliphatic rings. The van der Waals surface area contributed by atoms with Crippen LogP contribution in [0.25, 0.3) is 0 Å². The summed E-state index contributed by atoms with van der Waals surface area (Å²) in [5, 5.41) is 11.1. The Hall–Kier alpha value is -0.160. The van der Waals surface area contributed by atoms with E-state index < -0.39 is 0 Å². The number of piperazine rings is 1. The highest BCUT2D eigenvalue weighted by molar-refractivity contribution is 4.95. The summed E-state index contributed by atoms with van der Waals surface area (Å²) in [5.74, 6) is 0.822. The standard InChI is InChI=1S/C15H32N4/c1-4-17-15(13-6-8-16-9-7-13)14-11-19(5-2)10-12(3)18-14/h12-18H,4-11H2,1-3H3/t12-,14?,15?/m0/s1. The molecule has 112 valence electrons. The molecule has 0 saturated carbocycles. The first kappa shape index (κ1) is 15.2. The van der Waals surface area contributed by atoms with Gasteiger partial charge in [-0.2, -0.15) is 0 Å². The summed E-state index contributed by atoms with van der Waals surface area (Å²) in [6.07, 6.45) is 2.63. The van der Waals surface area contributed by atoms with Crippen molar-refractivity contribution in [2.24, 2.45) is 5.92 Å². The van der Waals surface area contributed by atoms with E-state index in [1.165, 1.54) is 45.6 Å². The molecule has 3 atom stereocenters. The Morgan fingerprint density at radius 1 is 1.21 bits per heavy atom. The Balaban J connectivity index is 1.99. The van der Waals surface area contributed by atoms with Gasteiger partial charge in [-0.25, -0.2) is 0 Å². The number of hydrogen-bond acceptors (Lipinski definition) is 4. The van der Waals surface area contributed by atoms with Crippen molar-refractivity contribution in [3.05, 3.63) is 0 Å². The van der Waals surface area contributed by atoms with Crippen LogP contribution in [0.2, 0.25) is 0 Å². The van der Waals surface area contributed by atoms with Crippen molar-refractivity contribution in [1.29, 1.82) is 0 Å². The van der Waals surface area contributed by atoms with Crippen molar-refractivity contribution in [2.45, 2.75) is 51.7 Å². The lowest BCUT2D eigenvalue weighted by Gasteiger charge is -2.44. The van der Waals surface area contributed by atoms with Crippen molar-refractivity contribution < 1.29 is 0 Å². The fraction of sp³-hybridized carbons (Fsp3) is 1.00. The van der Waals surface area contributed by atoms with Crippen LogP contribution in [0.1, 0.15) is 33.6 Å². The van der Waals surface area contributed by atoms with Crippen LogP contribution in [0, 0.1) is 5.92 Å². The normalized spacial score (nSPS) is 32.4. The van der Waals surface area contributed by atoms with Crippen molar-refractivity contribution in [2.75, 3.05) is 39.3 Å². The summed E-state index contributed by atoms with van der Waals surface area (Å²) in [4.78, 5) is 2.59. The van der Waals surface area contributed by atoms with Crippen molar-refractivity contribution in [1.82, 2.24) is 20.9 Å². The zero-order valence-electron chi connectivity index (χ0n) is 12.9. The molecule has 2 fully saturated rings. The van der Waals surface area contributed by atoms with Crippen LogP contribution in [0.15, 0.2) is 0 Å². The molecule has 0 amide bonds. The molecule has 0 bridgehead atoms. The van der Waals surface area contributed by atoms with Gasteiger partial charge in [-0.05, 0) is 51.9 Å². The predicted molar refractivity (Wildman–Crippen MR) is 81.6 cm³/mol. The Kier molecular flexibility index (Phi) is 6.07. The van der Waals surface area contributed by atoms with E-state index in [-0.39, 0.29) is 0 Å². The second kappa shape index (κ2) is 7.58. The first-order valence-corrected chi connectivity index (χ1v) is 8.17. The molecule has 4 nitrogen and oxygen atoms in total. The van der Waals surface area contributed by atoms with Crippen LogP contribution in [0.5, 0.6) is 0 Å². The van der Waals surface area contributed by atoms with Crippen LogP contribution in [0.3, 0.4) is 0 Å². The fourth-order valence-corrected chi connectivity index (χ4v) is 3.76. The molecule has 0 aromatic heterocycles. The quantitative estimate of drug-likeness (QED) is 0.684. The lowest BCUT2D eigenvalue weighted by molar-refractivity contribution is 0.123. The summed E-state index contributed by atoms with van der Waals surface area (Å²) in [6, 6.07) is 1.84. The molecule has 0 aliphatic carbocycles. The molecule has 19 heavy (non-hydrogen) atoms. The van der Waals surface area contributed by atoms with Crippen LogP contribution >= 0.6 is 0 Å². The fourth-order valence-electron chi connectivity index (χ4n) is 3.76. The second-order valence-corrected chi connectivity index (χ2v) is 6.20. The summed E-state index contributed by atoms with van der Waals surface area (Å²) in [5.41, 5.74) is 0. The van der Waals surface area contributed by atoms with E-state index in [4.69, 9.17) is 0 Å². The number of hydrogen-bond donors (Lipinski definition) is 3. The highest BCUT2D eigenvalue weighted by Crippen LogP contribution is 2.21. The van der Waals surface area contributed by atoms with E-state index in [0.717, 1.165) is 12.5 Å². The van der Waals surface area contributed by atoms with Crippen LogP contribution in [0.4, 0.5) is 0 Å². The molecular formula is C15H32N4. The van der Waals surface area contributed by atoms with Gasteiger partial charge < -0.3 is 20.9 Å². The molecule has 0 spiro atoms. The molecule has 0 aromatic carbocycles. The molecule has 2 rings (SSSR count). The Labute approximate surface area is 118 Å². The topological polar surface area (TPSA) is 39.3 Å². The molecule has 0 radical (unpaired) electrons. The van der Waals surface area contributed by atoms with Crippen molar-refractivity contribution in [3.63, 3.8) is 0 Å². The van der Waals surface area contributed by atoms with E-state index in [0.29, 0.717) is 18.1 Å². The number of nitrogens with zero attached hydrogens (tertiary/aromatic N) is 1. The van der Waals surface area contributed by atoms with Crippen molar-refractivity contribution in [3.8, 4) is 0 Å². The van der Waals surface area contributed by atoms with E-state index in [1.807, 2.05) is 0 Å². The molecule has 2 unspecified atom stereocenters. The maximum Gasteiger partial charge on any atom is 0.0354 e. The Bertz CT molecular complexity index is 253. The van der Waals surface area contributed by atoms with Gasteiger partial charge in [0.1, 0.15) is 0 Å². The van der Waals surface area contributed by atoms with Gasteiger partial charge >= 0.3 is 0 Å². The van der Waals surface area contributed by atoms with Gasteiger partial charge in [0.25, 0.3) is 0 Å². The first-order valence-electron chi connectivity index (χ1n) is 8.17. The van der Waals surface area contributed by atoms with E-state index in [9.17, 15) is 0 Å². The molecule has 2 aliphatic heterocycles. The minimum Gasteiger partial charge on any atom is -0.317 e. The third kappa shape index (κ3) is 4.15. The van der Waals surface area contributed by atoms with Crippen LogP contribution < -0.4 is 16.0 Å². The summed E-state index contributed by atoms with van der Waals surface area (Å²) >= 11 is 0. The summed E-state index contributed by atoms with van der Waals surface area (Å²) < 4.78 is 0. The van der Waals surface area contributed by atoms with Gasteiger partial charge in [0, 0.05) is 31.2 Å². The number of nitrogens with one attached hydrogen (secondary N) is 3. The zero-order chi connectivity index (χ0) is 13.7. The molecule has 2 saturated heterocycles. The number of likely N-dealkylation sites (N-methyl/N-ethyl adjacent to an activating group) is 2. The van der Waals surface area contributed by atoms with Gasteiger partial charge in [0.15, 0.2) is 0 Å². The predicted octanol–water partition coefficient (Wildman–Crippen LogP) is 0.646. The Morgan fingerprint density at radius 3 is 2.58 bits per heavy atom. The SMILES string of the molecule is CCNC(C1CCNCC1)C1CN(CC)C[C@H](C)N1. The monoisotopic (exact) mass is 268 g/mol. The molecule has 4 heteroatoms. The molecule has 3 N–H and O–H groups in total. The Morgan fingerprint density at radius 2 is 1.95 bits per heavy atom. The zero-order valence-corrected chi connectivity index (χ0v) is 12.9. The van der Waals surface area contributed by atoms with E-state index >= 15 is 0 Å². The van der Waals surface area contributed by atoms with Gasteiger partial charge in [-0.3, -0.25) is 0 Å². The number of piperidine rings is 1. The number of rotatable bonds is 5. The smallest absolute Gasteiger partial charge is 0.0354 e. The molecule has 2 heterocycles. The van der Waals surface area contributed by atoms with E-state index in [1.54, 1.807) is 0 Å². The average Bonchev–Trinajstić information content (AvgIpc) is 2.45. The largest absolute Gasteiger partial charge is 0.317 e. The lowest BCUT2D eigenvalue weighted by Crippen LogP contribution is -2.64. The summed E-state index contributed by atoms with van der Waals surface area (Å²) in [6.45, 7) is 13.8. The van der Waals surface area contributed by atoms with Gasteiger partial charge in [-0.1, -0.05) is 13.8 Å².